The number of ketones is 1. The fourth-order valence-corrected chi connectivity index (χ4v) is 3.41. The molecule has 24 heavy (non-hydrogen) atoms. The Bertz CT molecular complexity index is 854. The monoisotopic (exact) mass is 347 g/mol. The van der Waals surface area contributed by atoms with E-state index in [9.17, 15) is 14.4 Å². The average Bonchev–Trinajstić information content (AvgIpc) is 2.61. The Morgan fingerprint density at radius 3 is 2.79 bits per heavy atom. The smallest absolute Gasteiger partial charge is 0.258 e. The minimum Gasteiger partial charge on any atom is -0.326 e. The minimum atomic E-state index is -0.456. The molecular weight excluding hydrogens is 330 g/mol. The molecule has 0 radical (unpaired) electrons. The second kappa shape index (κ2) is 6.84. The van der Waals surface area contributed by atoms with Gasteiger partial charge < -0.3 is 15.6 Å². The zero-order valence-electron chi connectivity index (χ0n) is 13.0. The molecule has 0 amide bonds. The van der Waals surface area contributed by atoms with Crippen molar-refractivity contribution in [3.63, 3.8) is 0 Å². The van der Waals surface area contributed by atoms with E-state index in [1.165, 1.54) is 0 Å². The maximum absolute atomic E-state index is 12.8. The highest BCUT2D eigenvalue weighted by atomic mass is 35.5. The number of aromatic nitrogens is 1. The van der Waals surface area contributed by atoms with Crippen LogP contribution in [-0.4, -0.2) is 29.2 Å². The highest BCUT2D eigenvalue weighted by Crippen LogP contribution is 2.24. The second-order valence-electron chi connectivity index (χ2n) is 5.97. The minimum absolute atomic E-state index is 0.0846. The van der Waals surface area contributed by atoms with Crippen molar-refractivity contribution in [2.45, 2.75) is 31.5 Å². The molecule has 2 heterocycles. The first-order valence-electron chi connectivity index (χ1n) is 7.81. The number of nitrogens with zero attached hydrogens (tertiary/aromatic N) is 1. The average molecular weight is 348 g/mol. The zero-order chi connectivity index (χ0) is 17.3. The highest BCUT2D eigenvalue weighted by molar-refractivity contribution is 6.31. The molecule has 1 aliphatic rings. The normalized spacial score (nSPS) is 20.9. The predicted molar refractivity (Wildman–Crippen MR) is 92.2 cm³/mol. The summed E-state index contributed by atoms with van der Waals surface area (Å²) in [6.07, 6.45) is 3.28. The van der Waals surface area contributed by atoms with Crippen molar-refractivity contribution in [1.29, 1.82) is 0 Å². The summed E-state index contributed by atoms with van der Waals surface area (Å²) < 4.78 is 1.67. The molecule has 3 rings (SSSR count). The van der Waals surface area contributed by atoms with Crippen LogP contribution in [0.5, 0.6) is 0 Å². The first kappa shape index (κ1) is 16.8. The molecule has 2 unspecified atom stereocenters. The first-order valence-corrected chi connectivity index (χ1v) is 8.18. The molecular formula is C17H18ClN3O3. The molecule has 7 heteroatoms. The van der Waals surface area contributed by atoms with E-state index in [1.807, 2.05) is 0 Å². The van der Waals surface area contributed by atoms with Crippen molar-refractivity contribution in [1.82, 2.24) is 9.88 Å². The van der Waals surface area contributed by atoms with Gasteiger partial charge >= 0.3 is 0 Å². The van der Waals surface area contributed by atoms with Gasteiger partial charge in [-0.05, 0) is 42.0 Å². The lowest BCUT2D eigenvalue weighted by atomic mass is 9.97. The van der Waals surface area contributed by atoms with Gasteiger partial charge in [0.05, 0.1) is 6.04 Å². The standard InChI is InChI=1S/C17H18ClN3O3/c18-11-1-3-13-14(5-11)10(6-19)8-21(17(13)24)12-2-4-15(20-7-12)16(23)9-22/h1,3,5,8-9,12,15,20H,2,4,6-7,19H2. The highest BCUT2D eigenvalue weighted by Gasteiger charge is 2.27. The van der Waals surface area contributed by atoms with Crippen molar-refractivity contribution in [2.75, 3.05) is 6.54 Å². The van der Waals surface area contributed by atoms with Crippen LogP contribution in [0, 0.1) is 0 Å². The molecule has 1 aliphatic heterocycles. The second-order valence-corrected chi connectivity index (χ2v) is 6.41. The zero-order valence-corrected chi connectivity index (χ0v) is 13.8. The van der Waals surface area contributed by atoms with Crippen LogP contribution in [0.1, 0.15) is 24.4 Å². The molecule has 3 N–H and O–H groups in total. The molecule has 2 aromatic rings. The van der Waals surface area contributed by atoms with Crippen molar-refractivity contribution >= 4 is 34.4 Å². The number of fused-ring (bicyclic) bond motifs is 1. The molecule has 1 saturated heterocycles. The Hall–Kier alpha value is -2.02. The summed E-state index contributed by atoms with van der Waals surface area (Å²) in [5, 5.41) is 4.95. The molecule has 0 saturated carbocycles. The van der Waals surface area contributed by atoms with E-state index in [-0.39, 0.29) is 11.6 Å². The molecule has 6 nitrogen and oxygen atoms in total. The molecule has 126 valence electrons. The van der Waals surface area contributed by atoms with E-state index in [0.717, 1.165) is 10.9 Å². The van der Waals surface area contributed by atoms with Gasteiger partial charge in [0, 0.05) is 35.7 Å². The molecule has 0 spiro atoms. The van der Waals surface area contributed by atoms with E-state index in [0.29, 0.717) is 42.6 Å². The van der Waals surface area contributed by atoms with Gasteiger partial charge in [-0.1, -0.05) is 11.6 Å². The Balaban J connectivity index is 1.98. The molecule has 0 bridgehead atoms. The van der Waals surface area contributed by atoms with Gasteiger partial charge in [0.1, 0.15) is 0 Å². The number of benzene rings is 1. The van der Waals surface area contributed by atoms with Gasteiger partial charge in [-0.25, -0.2) is 0 Å². The third-order valence-electron chi connectivity index (χ3n) is 4.55. The number of nitrogens with two attached hydrogens (primary N) is 1. The number of hydrogen-bond acceptors (Lipinski definition) is 5. The van der Waals surface area contributed by atoms with Crippen LogP contribution < -0.4 is 16.6 Å². The lowest BCUT2D eigenvalue weighted by Gasteiger charge is -2.30. The van der Waals surface area contributed by atoms with E-state index in [4.69, 9.17) is 17.3 Å². The summed E-state index contributed by atoms with van der Waals surface area (Å²) in [6, 6.07) is 4.61. The Morgan fingerprint density at radius 2 is 2.17 bits per heavy atom. The van der Waals surface area contributed by atoms with E-state index >= 15 is 0 Å². The first-order chi connectivity index (χ1) is 11.5. The van der Waals surface area contributed by atoms with Gasteiger partial charge in [-0.3, -0.25) is 14.4 Å². The molecule has 1 fully saturated rings. The van der Waals surface area contributed by atoms with Crippen LogP contribution >= 0.6 is 11.6 Å². The SMILES string of the molecule is NCc1cn(C2CCC(C(=O)C=O)NC2)c(=O)c2ccc(Cl)cc12. The number of aldehydes is 1. The van der Waals surface area contributed by atoms with Crippen LogP contribution in [0.2, 0.25) is 5.02 Å². The predicted octanol–water partition coefficient (Wildman–Crippen LogP) is 1.17. The van der Waals surface area contributed by atoms with E-state index in [1.54, 1.807) is 29.0 Å². The molecule has 1 aromatic carbocycles. The van der Waals surface area contributed by atoms with Gasteiger partial charge in [-0.2, -0.15) is 0 Å². The number of Topliss-reactive ketones (excluding diaryl/α,β-unsaturated/α-hetero) is 1. The van der Waals surface area contributed by atoms with E-state index < -0.39 is 11.8 Å². The van der Waals surface area contributed by atoms with Crippen molar-refractivity contribution < 1.29 is 9.59 Å². The largest absolute Gasteiger partial charge is 0.326 e. The van der Waals surface area contributed by atoms with E-state index in [2.05, 4.69) is 5.32 Å². The molecule has 1 aromatic heterocycles. The Morgan fingerprint density at radius 1 is 1.38 bits per heavy atom. The number of nitrogens with one attached hydrogen (secondary N) is 1. The van der Waals surface area contributed by atoms with Crippen LogP contribution in [0.25, 0.3) is 10.8 Å². The molecule has 2 atom stereocenters. The third kappa shape index (κ3) is 3.00. The Kier molecular flexibility index (Phi) is 4.80. The summed E-state index contributed by atoms with van der Waals surface area (Å²) in [4.78, 5) is 34.9. The number of pyridine rings is 1. The number of carbonyl (C=O) groups excluding carboxylic acids is 2. The van der Waals surface area contributed by atoms with Crippen LogP contribution in [0.15, 0.2) is 29.2 Å². The van der Waals surface area contributed by atoms with Crippen LogP contribution in [0.4, 0.5) is 0 Å². The Labute approximate surface area is 143 Å². The topological polar surface area (TPSA) is 94.2 Å². The summed E-state index contributed by atoms with van der Waals surface area (Å²) in [5.41, 5.74) is 6.58. The summed E-state index contributed by atoms with van der Waals surface area (Å²) in [7, 11) is 0. The fraction of sp³-hybridized carbons (Fsp3) is 0.353. The quantitative estimate of drug-likeness (QED) is 0.639. The lowest BCUT2D eigenvalue weighted by Crippen LogP contribution is -2.46. The number of halogens is 1. The fourth-order valence-electron chi connectivity index (χ4n) is 3.24. The number of hydrogen-bond donors (Lipinski definition) is 2. The lowest BCUT2D eigenvalue weighted by molar-refractivity contribution is -0.131. The van der Waals surface area contributed by atoms with Gasteiger partial charge in [-0.15, -0.1) is 0 Å². The van der Waals surface area contributed by atoms with Crippen LogP contribution in [-0.2, 0) is 16.1 Å². The van der Waals surface area contributed by atoms with Gasteiger partial charge in [0.15, 0.2) is 6.29 Å². The maximum Gasteiger partial charge on any atom is 0.258 e. The van der Waals surface area contributed by atoms with Crippen molar-refractivity contribution in [3.8, 4) is 0 Å². The number of carbonyl (C=O) groups is 2. The number of rotatable bonds is 4. The maximum atomic E-state index is 12.8. The van der Waals surface area contributed by atoms with Crippen molar-refractivity contribution in [3.05, 3.63) is 45.3 Å². The van der Waals surface area contributed by atoms with Gasteiger partial charge in [0.25, 0.3) is 5.56 Å². The third-order valence-corrected chi connectivity index (χ3v) is 4.78. The van der Waals surface area contributed by atoms with Crippen LogP contribution in [0.3, 0.4) is 0 Å². The molecule has 0 aliphatic carbocycles. The van der Waals surface area contributed by atoms with Gasteiger partial charge in [0.2, 0.25) is 5.78 Å². The summed E-state index contributed by atoms with van der Waals surface area (Å²) in [6.45, 7) is 0.747. The summed E-state index contributed by atoms with van der Waals surface area (Å²) in [5.74, 6) is -0.448. The number of piperidine rings is 1. The summed E-state index contributed by atoms with van der Waals surface area (Å²) >= 11 is 6.03. The van der Waals surface area contributed by atoms with Crippen molar-refractivity contribution in [2.24, 2.45) is 5.73 Å².